The van der Waals surface area contributed by atoms with Crippen LogP contribution in [0.4, 0.5) is 0 Å². The van der Waals surface area contributed by atoms with Gasteiger partial charge in [0.25, 0.3) is 0 Å². The minimum absolute atomic E-state index is 0.0490. The molecule has 0 atom stereocenters. The predicted octanol–water partition coefficient (Wildman–Crippen LogP) is 4.14. The van der Waals surface area contributed by atoms with Crippen LogP contribution in [0.3, 0.4) is 0 Å². The maximum atomic E-state index is 12.4. The first-order valence-corrected chi connectivity index (χ1v) is 6.59. The van der Waals surface area contributed by atoms with Crippen LogP contribution < -0.4 is 5.43 Å². The van der Waals surface area contributed by atoms with Gasteiger partial charge in [0.2, 0.25) is 5.43 Å². The van der Waals surface area contributed by atoms with E-state index in [2.05, 4.69) is 13.8 Å². The van der Waals surface area contributed by atoms with Gasteiger partial charge in [-0.1, -0.05) is 32.0 Å². The smallest absolute Gasteiger partial charge is 0.200 e. The highest BCUT2D eigenvalue weighted by molar-refractivity contribution is 5.89. The molecule has 0 aliphatic rings. The zero-order valence-corrected chi connectivity index (χ0v) is 11.1. The molecule has 0 saturated carbocycles. The van der Waals surface area contributed by atoms with E-state index in [0.29, 0.717) is 27.9 Å². The molecule has 0 aliphatic heterocycles. The third kappa shape index (κ3) is 2.14. The van der Waals surface area contributed by atoms with Crippen LogP contribution in [-0.4, -0.2) is 0 Å². The predicted molar refractivity (Wildman–Crippen MR) is 78.5 cm³/mol. The number of para-hydroxylation sites is 1. The zero-order valence-electron chi connectivity index (χ0n) is 11.1. The molecule has 0 fully saturated rings. The van der Waals surface area contributed by atoms with Crippen molar-refractivity contribution >= 4 is 21.9 Å². The van der Waals surface area contributed by atoms with Crippen molar-refractivity contribution in [2.75, 3.05) is 0 Å². The van der Waals surface area contributed by atoms with Gasteiger partial charge in [-0.2, -0.15) is 0 Å². The van der Waals surface area contributed by atoms with Gasteiger partial charge in [0.15, 0.2) is 0 Å². The van der Waals surface area contributed by atoms with Crippen LogP contribution in [0, 0.1) is 5.92 Å². The van der Waals surface area contributed by atoms with Crippen molar-refractivity contribution < 1.29 is 4.42 Å². The first-order valence-electron chi connectivity index (χ1n) is 6.59. The summed E-state index contributed by atoms with van der Waals surface area (Å²) < 4.78 is 5.85. The maximum absolute atomic E-state index is 12.4. The molecule has 0 saturated heterocycles. The highest BCUT2D eigenvalue weighted by Gasteiger charge is 2.08. The molecule has 0 unspecified atom stereocenters. The van der Waals surface area contributed by atoms with Crippen molar-refractivity contribution in [3.05, 3.63) is 58.3 Å². The average molecular weight is 252 g/mol. The van der Waals surface area contributed by atoms with E-state index in [1.165, 1.54) is 5.56 Å². The van der Waals surface area contributed by atoms with Gasteiger partial charge in [-0.15, -0.1) is 0 Å². The molecule has 0 spiro atoms. The lowest BCUT2D eigenvalue weighted by atomic mass is 10.0. The normalized spacial score (nSPS) is 11.5. The van der Waals surface area contributed by atoms with Gasteiger partial charge in [-0.25, -0.2) is 0 Å². The lowest BCUT2D eigenvalue weighted by Gasteiger charge is -2.06. The molecule has 2 nitrogen and oxygen atoms in total. The lowest BCUT2D eigenvalue weighted by molar-refractivity contribution is 0.640. The van der Waals surface area contributed by atoms with Crippen LogP contribution >= 0.6 is 0 Å². The highest BCUT2D eigenvalue weighted by Crippen LogP contribution is 2.20. The van der Waals surface area contributed by atoms with Crippen LogP contribution in [0.2, 0.25) is 0 Å². The summed E-state index contributed by atoms with van der Waals surface area (Å²) in [5.41, 5.74) is 2.59. The second-order valence-corrected chi connectivity index (χ2v) is 5.36. The van der Waals surface area contributed by atoms with Crippen LogP contribution in [-0.2, 0) is 6.42 Å². The van der Waals surface area contributed by atoms with Gasteiger partial charge in [0.05, 0.1) is 10.8 Å². The van der Waals surface area contributed by atoms with Crippen molar-refractivity contribution in [2.24, 2.45) is 5.92 Å². The van der Waals surface area contributed by atoms with Crippen molar-refractivity contribution in [2.45, 2.75) is 20.3 Å². The first kappa shape index (κ1) is 12.0. The summed E-state index contributed by atoms with van der Waals surface area (Å²) in [6.07, 6.45) is 0.993. The quantitative estimate of drug-likeness (QED) is 0.641. The minimum Gasteiger partial charge on any atom is -0.456 e. The third-order valence-electron chi connectivity index (χ3n) is 3.29. The second kappa shape index (κ2) is 4.54. The van der Waals surface area contributed by atoms with E-state index in [1.807, 2.05) is 42.5 Å². The number of hydrogen-bond acceptors (Lipinski definition) is 2. The Bertz CT molecular complexity index is 797. The Morgan fingerprint density at radius 2 is 1.74 bits per heavy atom. The largest absolute Gasteiger partial charge is 0.456 e. The molecule has 96 valence electrons. The van der Waals surface area contributed by atoms with E-state index in [1.54, 1.807) is 0 Å². The van der Waals surface area contributed by atoms with Gasteiger partial charge >= 0.3 is 0 Å². The number of fused-ring (bicyclic) bond motifs is 2. The van der Waals surface area contributed by atoms with Crippen LogP contribution in [0.15, 0.2) is 51.7 Å². The summed E-state index contributed by atoms with van der Waals surface area (Å²) in [7, 11) is 0. The van der Waals surface area contributed by atoms with Crippen molar-refractivity contribution in [3.8, 4) is 0 Å². The summed E-state index contributed by atoms with van der Waals surface area (Å²) in [6.45, 7) is 4.36. The topological polar surface area (TPSA) is 30.2 Å². The van der Waals surface area contributed by atoms with E-state index >= 15 is 0 Å². The number of hydrogen-bond donors (Lipinski definition) is 0. The molecular formula is C17H16O2. The molecule has 3 rings (SSSR count). The molecule has 0 radical (unpaired) electrons. The van der Waals surface area contributed by atoms with E-state index in [0.717, 1.165) is 6.42 Å². The third-order valence-corrected chi connectivity index (χ3v) is 3.29. The number of rotatable bonds is 2. The molecule has 1 aromatic heterocycles. The minimum atomic E-state index is 0.0490. The Morgan fingerprint density at radius 1 is 1.00 bits per heavy atom. The van der Waals surface area contributed by atoms with Crippen molar-refractivity contribution in [1.29, 1.82) is 0 Å². The Hall–Kier alpha value is -2.09. The SMILES string of the molecule is CC(C)Cc1ccc2c(=O)c3ccccc3oc2c1. The van der Waals surface area contributed by atoms with E-state index in [9.17, 15) is 4.79 Å². The van der Waals surface area contributed by atoms with Crippen molar-refractivity contribution in [1.82, 2.24) is 0 Å². The monoisotopic (exact) mass is 252 g/mol. The van der Waals surface area contributed by atoms with Crippen molar-refractivity contribution in [3.63, 3.8) is 0 Å². The summed E-state index contributed by atoms with van der Waals surface area (Å²) in [5.74, 6) is 0.588. The van der Waals surface area contributed by atoms with Gasteiger partial charge in [0, 0.05) is 0 Å². The molecule has 2 heteroatoms. The molecule has 0 aliphatic carbocycles. The first-order chi connectivity index (χ1) is 9.15. The zero-order chi connectivity index (χ0) is 13.4. The summed E-state index contributed by atoms with van der Waals surface area (Å²) in [5, 5.41) is 1.30. The van der Waals surface area contributed by atoms with Crippen LogP contribution in [0.25, 0.3) is 21.9 Å². The summed E-state index contributed by atoms with van der Waals surface area (Å²) in [6, 6.07) is 13.3. The molecule has 19 heavy (non-hydrogen) atoms. The van der Waals surface area contributed by atoms with Gasteiger partial charge in [0.1, 0.15) is 11.2 Å². The fourth-order valence-corrected chi connectivity index (χ4v) is 2.44. The Kier molecular flexibility index (Phi) is 2.86. The summed E-state index contributed by atoms with van der Waals surface area (Å²) >= 11 is 0. The molecule has 0 amide bonds. The fraction of sp³-hybridized carbons (Fsp3) is 0.235. The Balaban J connectivity index is 2.29. The Morgan fingerprint density at radius 3 is 2.53 bits per heavy atom. The molecule has 0 bridgehead atoms. The molecule has 3 aromatic rings. The van der Waals surface area contributed by atoms with E-state index < -0.39 is 0 Å². The average Bonchev–Trinajstić information content (AvgIpc) is 2.38. The van der Waals surface area contributed by atoms with E-state index in [4.69, 9.17) is 4.42 Å². The molecule has 1 heterocycles. The second-order valence-electron chi connectivity index (χ2n) is 5.36. The van der Waals surface area contributed by atoms with Gasteiger partial charge in [-0.3, -0.25) is 4.79 Å². The standard InChI is InChI=1S/C17H16O2/c1-11(2)9-12-7-8-14-16(10-12)19-15-6-4-3-5-13(15)17(14)18/h3-8,10-11H,9H2,1-2H3. The lowest BCUT2D eigenvalue weighted by Crippen LogP contribution is -2.02. The summed E-state index contributed by atoms with van der Waals surface area (Å²) in [4.78, 5) is 12.4. The van der Waals surface area contributed by atoms with Gasteiger partial charge in [-0.05, 0) is 42.2 Å². The number of benzene rings is 2. The van der Waals surface area contributed by atoms with Crippen LogP contribution in [0.5, 0.6) is 0 Å². The van der Waals surface area contributed by atoms with E-state index in [-0.39, 0.29) is 5.43 Å². The maximum Gasteiger partial charge on any atom is 0.200 e. The molecular weight excluding hydrogens is 236 g/mol. The van der Waals surface area contributed by atoms with Crippen LogP contribution in [0.1, 0.15) is 19.4 Å². The highest BCUT2D eigenvalue weighted by atomic mass is 16.3. The fourth-order valence-electron chi connectivity index (χ4n) is 2.44. The molecule has 2 aromatic carbocycles. The van der Waals surface area contributed by atoms with Gasteiger partial charge < -0.3 is 4.42 Å². The molecule has 0 N–H and O–H groups in total. The Labute approximate surface area is 111 Å².